The van der Waals surface area contributed by atoms with Gasteiger partial charge in [0, 0.05) is 25.1 Å². The minimum absolute atomic E-state index is 0.0363. The van der Waals surface area contributed by atoms with E-state index in [2.05, 4.69) is 20.6 Å². The molecule has 2 aromatic rings. The molecule has 6 heteroatoms. The average molecular weight is 285 g/mol. The SMILES string of the molecule is Cc1nccn1-c1ccc(CNC(=O)C2CCCN2)cn1. The summed E-state index contributed by atoms with van der Waals surface area (Å²) in [5, 5.41) is 6.13. The molecular formula is C15H19N5O. The normalized spacial score (nSPS) is 17.9. The molecule has 0 aromatic carbocycles. The number of aryl methyl sites for hydroxylation is 1. The molecule has 2 aromatic heterocycles. The Morgan fingerprint density at radius 3 is 3.00 bits per heavy atom. The van der Waals surface area contributed by atoms with E-state index in [1.54, 1.807) is 12.4 Å². The van der Waals surface area contributed by atoms with Gasteiger partial charge in [0.15, 0.2) is 0 Å². The zero-order valence-electron chi connectivity index (χ0n) is 12.0. The number of rotatable bonds is 4. The Morgan fingerprint density at radius 2 is 2.38 bits per heavy atom. The van der Waals surface area contributed by atoms with E-state index in [9.17, 15) is 4.79 Å². The predicted octanol–water partition coefficient (Wildman–Crippen LogP) is 0.944. The van der Waals surface area contributed by atoms with Crippen LogP contribution >= 0.6 is 0 Å². The van der Waals surface area contributed by atoms with E-state index in [4.69, 9.17) is 0 Å². The molecule has 0 bridgehead atoms. The van der Waals surface area contributed by atoms with E-state index in [1.165, 1.54) is 0 Å². The Hall–Kier alpha value is -2.21. The summed E-state index contributed by atoms with van der Waals surface area (Å²) >= 11 is 0. The van der Waals surface area contributed by atoms with Crippen LogP contribution in [0.25, 0.3) is 5.82 Å². The predicted molar refractivity (Wildman–Crippen MR) is 79.0 cm³/mol. The third kappa shape index (κ3) is 3.11. The number of hydrogen-bond donors (Lipinski definition) is 2. The largest absolute Gasteiger partial charge is 0.351 e. The van der Waals surface area contributed by atoms with Crippen molar-refractivity contribution in [3.05, 3.63) is 42.1 Å². The Kier molecular flexibility index (Phi) is 3.96. The van der Waals surface area contributed by atoms with E-state index in [0.29, 0.717) is 6.54 Å². The number of carbonyl (C=O) groups excluding carboxylic acids is 1. The Morgan fingerprint density at radius 1 is 1.48 bits per heavy atom. The van der Waals surface area contributed by atoms with Gasteiger partial charge < -0.3 is 10.6 Å². The molecule has 0 saturated carbocycles. The first-order valence-electron chi connectivity index (χ1n) is 7.20. The van der Waals surface area contributed by atoms with Crippen LogP contribution in [0.15, 0.2) is 30.7 Å². The Labute approximate surface area is 123 Å². The number of amides is 1. The standard InChI is InChI=1S/C15H19N5O/c1-11-16-7-8-20(11)14-5-4-12(9-18-14)10-19-15(21)13-3-2-6-17-13/h4-5,7-9,13,17H,2-3,6,10H2,1H3,(H,19,21). The number of nitrogens with zero attached hydrogens (tertiary/aromatic N) is 3. The van der Waals surface area contributed by atoms with Gasteiger partial charge in [-0.2, -0.15) is 0 Å². The molecule has 1 aliphatic heterocycles. The number of aromatic nitrogens is 3. The van der Waals surface area contributed by atoms with Crippen molar-refractivity contribution in [3.63, 3.8) is 0 Å². The maximum absolute atomic E-state index is 11.9. The van der Waals surface area contributed by atoms with Crippen molar-refractivity contribution >= 4 is 5.91 Å². The van der Waals surface area contributed by atoms with E-state index < -0.39 is 0 Å². The fourth-order valence-corrected chi connectivity index (χ4v) is 2.50. The highest BCUT2D eigenvalue weighted by Gasteiger charge is 2.21. The number of carbonyl (C=O) groups is 1. The first-order valence-corrected chi connectivity index (χ1v) is 7.20. The number of pyridine rings is 1. The van der Waals surface area contributed by atoms with Crippen molar-refractivity contribution in [1.82, 2.24) is 25.2 Å². The lowest BCUT2D eigenvalue weighted by atomic mass is 10.2. The van der Waals surface area contributed by atoms with Gasteiger partial charge in [0.1, 0.15) is 11.6 Å². The van der Waals surface area contributed by atoms with Gasteiger partial charge >= 0.3 is 0 Å². The molecule has 110 valence electrons. The summed E-state index contributed by atoms with van der Waals surface area (Å²) in [6.45, 7) is 3.37. The average Bonchev–Trinajstić information content (AvgIpc) is 3.17. The molecule has 2 N–H and O–H groups in total. The van der Waals surface area contributed by atoms with Gasteiger partial charge in [0.05, 0.1) is 6.04 Å². The minimum Gasteiger partial charge on any atom is -0.351 e. The topological polar surface area (TPSA) is 71.8 Å². The molecule has 6 nitrogen and oxygen atoms in total. The number of imidazole rings is 1. The number of hydrogen-bond acceptors (Lipinski definition) is 4. The third-order valence-electron chi connectivity index (χ3n) is 3.73. The molecule has 0 radical (unpaired) electrons. The molecule has 1 atom stereocenters. The van der Waals surface area contributed by atoms with Crippen LogP contribution in [0.1, 0.15) is 24.2 Å². The van der Waals surface area contributed by atoms with Gasteiger partial charge in [-0.25, -0.2) is 9.97 Å². The van der Waals surface area contributed by atoms with Crippen LogP contribution in [-0.2, 0) is 11.3 Å². The molecule has 1 unspecified atom stereocenters. The summed E-state index contributed by atoms with van der Waals surface area (Å²) in [5.74, 6) is 1.80. The maximum Gasteiger partial charge on any atom is 0.237 e. The molecule has 3 heterocycles. The van der Waals surface area contributed by atoms with Gasteiger partial charge in [-0.1, -0.05) is 6.07 Å². The van der Waals surface area contributed by atoms with Gasteiger partial charge in [-0.3, -0.25) is 9.36 Å². The Balaban J connectivity index is 1.60. The van der Waals surface area contributed by atoms with Crippen molar-refractivity contribution in [1.29, 1.82) is 0 Å². The molecule has 1 aliphatic rings. The summed E-state index contributed by atoms with van der Waals surface area (Å²) in [7, 11) is 0. The van der Waals surface area contributed by atoms with Crippen LogP contribution in [-0.4, -0.2) is 33.0 Å². The first kappa shape index (κ1) is 13.8. The molecule has 21 heavy (non-hydrogen) atoms. The van der Waals surface area contributed by atoms with Crippen LogP contribution in [0.5, 0.6) is 0 Å². The molecule has 1 fully saturated rings. The van der Waals surface area contributed by atoms with Gasteiger partial charge in [-0.15, -0.1) is 0 Å². The smallest absolute Gasteiger partial charge is 0.237 e. The van der Waals surface area contributed by atoms with Crippen LogP contribution in [0, 0.1) is 6.92 Å². The third-order valence-corrected chi connectivity index (χ3v) is 3.73. The van der Waals surface area contributed by atoms with Crippen molar-refractivity contribution in [2.75, 3.05) is 6.54 Å². The monoisotopic (exact) mass is 285 g/mol. The van der Waals surface area contributed by atoms with Gasteiger partial charge in [0.25, 0.3) is 0 Å². The highest BCUT2D eigenvalue weighted by Crippen LogP contribution is 2.09. The quantitative estimate of drug-likeness (QED) is 0.877. The van der Waals surface area contributed by atoms with E-state index >= 15 is 0 Å². The van der Waals surface area contributed by atoms with Crippen LogP contribution in [0.2, 0.25) is 0 Å². The van der Waals surface area contributed by atoms with Crippen molar-refractivity contribution in [3.8, 4) is 5.82 Å². The molecule has 0 spiro atoms. The number of nitrogens with one attached hydrogen (secondary N) is 2. The van der Waals surface area contributed by atoms with Crippen LogP contribution in [0.3, 0.4) is 0 Å². The zero-order valence-corrected chi connectivity index (χ0v) is 12.0. The highest BCUT2D eigenvalue weighted by molar-refractivity contribution is 5.81. The Bertz CT molecular complexity index is 613. The van der Waals surface area contributed by atoms with Gasteiger partial charge in [-0.05, 0) is 37.9 Å². The molecule has 3 rings (SSSR count). The minimum atomic E-state index is -0.0363. The molecule has 1 saturated heterocycles. The van der Waals surface area contributed by atoms with Crippen LogP contribution < -0.4 is 10.6 Å². The van der Waals surface area contributed by atoms with E-state index in [-0.39, 0.29) is 11.9 Å². The highest BCUT2D eigenvalue weighted by atomic mass is 16.2. The van der Waals surface area contributed by atoms with Crippen LogP contribution in [0.4, 0.5) is 0 Å². The molecule has 0 aliphatic carbocycles. The summed E-state index contributed by atoms with van der Waals surface area (Å²) in [5.41, 5.74) is 0.989. The second-order valence-electron chi connectivity index (χ2n) is 5.24. The van der Waals surface area contributed by atoms with E-state index in [0.717, 1.165) is 36.6 Å². The fraction of sp³-hybridized carbons (Fsp3) is 0.400. The molecular weight excluding hydrogens is 266 g/mol. The lowest BCUT2D eigenvalue weighted by Crippen LogP contribution is -2.40. The first-order chi connectivity index (χ1) is 10.2. The molecule has 1 amide bonds. The maximum atomic E-state index is 11.9. The second-order valence-corrected chi connectivity index (χ2v) is 5.24. The summed E-state index contributed by atoms with van der Waals surface area (Å²) in [6.07, 6.45) is 7.41. The van der Waals surface area contributed by atoms with E-state index in [1.807, 2.05) is 29.8 Å². The summed E-state index contributed by atoms with van der Waals surface area (Å²) in [4.78, 5) is 20.5. The summed E-state index contributed by atoms with van der Waals surface area (Å²) < 4.78 is 1.92. The van der Waals surface area contributed by atoms with Crippen molar-refractivity contribution in [2.24, 2.45) is 0 Å². The van der Waals surface area contributed by atoms with Crippen molar-refractivity contribution < 1.29 is 4.79 Å². The lowest BCUT2D eigenvalue weighted by molar-refractivity contribution is -0.122. The van der Waals surface area contributed by atoms with Crippen molar-refractivity contribution in [2.45, 2.75) is 32.4 Å². The second kappa shape index (κ2) is 6.05. The lowest BCUT2D eigenvalue weighted by Gasteiger charge is -2.11. The summed E-state index contributed by atoms with van der Waals surface area (Å²) in [6, 6.07) is 3.87. The zero-order chi connectivity index (χ0) is 14.7. The fourth-order valence-electron chi connectivity index (χ4n) is 2.50. The van der Waals surface area contributed by atoms with Gasteiger partial charge in [0.2, 0.25) is 5.91 Å².